The van der Waals surface area contributed by atoms with E-state index in [0.29, 0.717) is 12.2 Å². The van der Waals surface area contributed by atoms with Crippen molar-refractivity contribution in [3.8, 4) is 34.9 Å². The molecule has 0 spiro atoms. The van der Waals surface area contributed by atoms with E-state index < -0.39 is 17.0 Å². The van der Waals surface area contributed by atoms with E-state index in [1.165, 1.54) is 18.2 Å². The standard InChI is InChI=1S/C27H22F2N6/c1-4-10-35-15-16(12-31-35)22-13-30-14-23(32-22)27-9-8-18(26(27,2)3)17-11-21(33-34-25(17)27)24-19(28)6-5-7-20(24)29/h1,5-7,11-15,18H,8-10H2,2-3H3/t18-,27-/m0/s1. The van der Waals surface area contributed by atoms with Crippen LogP contribution in [0.2, 0.25) is 0 Å². The van der Waals surface area contributed by atoms with Gasteiger partial charge >= 0.3 is 0 Å². The third kappa shape index (κ3) is 2.91. The van der Waals surface area contributed by atoms with Gasteiger partial charge in [-0.1, -0.05) is 25.8 Å². The number of halogens is 2. The average Bonchev–Trinajstić information content (AvgIpc) is 3.47. The second kappa shape index (κ2) is 7.51. The van der Waals surface area contributed by atoms with Crippen molar-refractivity contribution >= 4 is 0 Å². The van der Waals surface area contributed by atoms with Crippen LogP contribution in [-0.2, 0) is 12.0 Å². The molecule has 1 aromatic carbocycles. The van der Waals surface area contributed by atoms with Gasteiger partial charge in [0.05, 0.1) is 46.1 Å². The van der Waals surface area contributed by atoms with Gasteiger partial charge in [0.15, 0.2) is 0 Å². The first-order valence-electron chi connectivity index (χ1n) is 11.5. The number of terminal acetylenes is 1. The monoisotopic (exact) mass is 468 g/mol. The quantitative estimate of drug-likeness (QED) is 0.398. The van der Waals surface area contributed by atoms with Crippen LogP contribution in [0, 0.1) is 29.4 Å². The summed E-state index contributed by atoms with van der Waals surface area (Å²) in [6.07, 6.45) is 14.2. The second-order valence-corrected chi connectivity index (χ2v) is 9.77. The molecule has 8 heteroatoms. The fourth-order valence-corrected chi connectivity index (χ4v) is 6.14. The Labute approximate surface area is 201 Å². The number of hydrogen-bond acceptors (Lipinski definition) is 5. The van der Waals surface area contributed by atoms with E-state index >= 15 is 0 Å². The highest BCUT2D eigenvalue weighted by Gasteiger charge is 2.65. The molecule has 2 aliphatic carbocycles. The van der Waals surface area contributed by atoms with E-state index in [1.54, 1.807) is 29.3 Å². The summed E-state index contributed by atoms with van der Waals surface area (Å²) in [5.41, 5.74) is 3.43. The maximum absolute atomic E-state index is 14.5. The number of nitrogens with zero attached hydrogens (tertiary/aromatic N) is 6. The molecule has 0 radical (unpaired) electrons. The van der Waals surface area contributed by atoms with E-state index in [2.05, 4.69) is 40.0 Å². The molecule has 4 aromatic rings. The van der Waals surface area contributed by atoms with Crippen molar-refractivity contribution in [2.24, 2.45) is 5.41 Å². The second-order valence-electron chi connectivity index (χ2n) is 9.77. The molecule has 0 saturated heterocycles. The summed E-state index contributed by atoms with van der Waals surface area (Å²) in [4.78, 5) is 9.53. The lowest BCUT2D eigenvalue weighted by Crippen LogP contribution is -2.38. The third-order valence-corrected chi connectivity index (χ3v) is 7.86. The van der Waals surface area contributed by atoms with Gasteiger partial charge in [-0.15, -0.1) is 11.5 Å². The van der Waals surface area contributed by atoms with E-state index in [9.17, 15) is 8.78 Å². The molecule has 6 rings (SSSR count). The predicted octanol–water partition coefficient (Wildman–Crippen LogP) is 4.91. The minimum Gasteiger partial charge on any atom is -0.261 e. The normalized spacial score (nSPS) is 21.6. The Balaban J connectivity index is 1.49. The van der Waals surface area contributed by atoms with Crippen molar-refractivity contribution in [3.63, 3.8) is 0 Å². The zero-order chi connectivity index (χ0) is 24.4. The largest absolute Gasteiger partial charge is 0.261 e. The molecule has 0 aliphatic heterocycles. The fourth-order valence-electron chi connectivity index (χ4n) is 6.14. The molecular weight excluding hydrogens is 446 g/mol. The Kier molecular flexibility index (Phi) is 4.62. The van der Waals surface area contributed by atoms with Crippen LogP contribution in [0.5, 0.6) is 0 Å². The molecule has 2 atom stereocenters. The van der Waals surface area contributed by atoms with Gasteiger partial charge in [-0.05, 0) is 47.9 Å². The number of fused-ring (bicyclic) bond motifs is 5. The Morgan fingerprint density at radius 2 is 1.91 bits per heavy atom. The zero-order valence-corrected chi connectivity index (χ0v) is 19.3. The lowest BCUT2D eigenvalue weighted by Gasteiger charge is -2.37. The molecule has 174 valence electrons. The van der Waals surface area contributed by atoms with Gasteiger partial charge in [-0.25, -0.2) is 13.8 Å². The predicted molar refractivity (Wildman–Crippen MR) is 126 cm³/mol. The van der Waals surface area contributed by atoms with Gasteiger partial charge < -0.3 is 0 Å². The first-order valence-corrected chi connectivity index (χ1v) is 11.5. The van der Waals surface area contributed by atoms with Crippen molar-refractivity contribution < 1.29 is 8.78 Å². The minimum absolute atomic E-state index is 0.150. The van der Waals surface area contributed by atoms with Gasteiger partial charge in [-0.3, -0.25) is 9.67 Å². The van der Waals surface area contributed by atoms with Crippen LogP contribution in [0.1, 0.15) is 49.6 Å². The van der Waals surface area contributed by atoms with Crippen LogP contribution in [0.25, 0.3) is 22.5 Å². The molecule has 2 aliphatic rings. The topological polar surface area (TPSA) is 69.4 Å². The zero-order valence-electron chi connectivity index (χ0n) is 19.3. The lowest BCUT2D eigenvalue weighted by atomic mass is 9.66. The summed E-state index contributed by atoms with van der Waals surface area (Å²) >= 11 is 0. The molecule has 0 unspecified atom stereocenters. The number of rotatable bonds is 4. The van der Waals surface area contributed by atoms with Gasteiger partial charge in [-0.2, -0.15) is 10.2 Å². The van der Waals surface area contributed by atoms with Gasteiger partial charge in [0, 0.05) is 18.0 Å². The highest BCUT2D eigenvalue weighted by molar-refractivity contribution is 5.64. The number of benzene rings is 1. The van der Waals surface area contributed by atoms with E-state index in [-0.39, 0.29) is 22.6 Å². The first-order chi connectivity index (χ1) is 16.9. The van der Waals surface area contributed by atoms with Gasteiger partial charge in [0.25, 0.3) is 0 Å². The minimum atomic E-state index is -0.652. The molecule has 35 heavy (non-hydrogen) atoms. The van der Waals surface area contributed by atoms with Crippen molar-refractivity contribution in [3.05, 3.63) is 77.6 Å². The number of hydrogen-bond donors (Lipinski definition) is 0. The first kappa shape index (κ1) is 21.5. The molecule has 2 bridgehead atoms. The summed E-state index contributed by atoms with van der Waals surface area (Å²) < 4.78 is 30.6. The fraction of sp³-hybridized carbons (Fsp3) is 0.296. The van der Waals surface area contributed by atoms with Crippen molar-refractivity contribution in [1.29, 1.82) is 0 Å². The Morgan fingerprint density at radius 1 is 1.11 bits per heavy atom. The molecule has 3 aromatic heterocycles. The van der Waals surface area contributed by atoms with Gasteiger partial charge in [0.1, 0.15) is 18.2 Å². The Morgan fingerprint density at radius 3 is 2.69 bits per heavy atom. The smallest absolute Gasteiger partial charge is 0.135 e. The maximum atomic E-state index is 14.5. The summed E-state index contributed by atoms with van der Waals surface area (Å²) in [6.45, 7) is 4.78. The average molecular weight is 469 g/mol. The molecule has 6 nitrogen and oxygen atoms in total. The highest BCUT2D eigenvalue weighted by Crippen LogP contribution is 2.69. The SMILES string of the molecule is C#CCn1cc(-c2cncc([C@@]34CC[C@@H](c5cc(-c6c(F)cccc6F)nnc53)C4(C)C)n2)cn1. The Bertz CT molecular complexity index is 1500. The summed E-state index contributed by atoms with van der Waals surface area (Å²) in [5, 5.41) is 13.2. The van der Waals surface area contributed by atoms with Crippen LogP contribution in [0.15, 0.2) is 49.1 Å². The summed E-state index contributed by atoms with van der Waals surface area (Å²) in [7, 11) is 0. The third-order valence-electron chi connectivity index (χ3n) is 7.86. The molecule has 1 fully saturated rings. The molecule has 0 amide bonds. The molecule has 0 N–H and O–H groups in total. The van der Waals surface area contributed by atoms with Gasteiger partial charge in [0.2, 0.25) is 0 Å². The summed E-state index contributed by atoms with van der Waals surface area (Å²) in [5.74, 6) is 1.43. The van der Waals surface area contributed by atoms with Crippen LogP contribution in [0.4, 0.5) is 8.78 Å². The lowest BCUT2D eigenvalue weighted by molar-refractivity contribution is 0.242. The van der Waals surface area contributed by atoms with E-state index in [4.69, 9.17) is 11.4 Å². The van der Waals surface area contributed by atoms with Crippen LogP contribution in [0.3, 0.4) is 0 Å². The summed E-state index contributed by atoms with van der Waals surface area (Å²) in [6, 6.07) is 5.62. The molecule has 3 heterocycles. The van der Waals surface area contributed by atoms with Crippen LogP contribution >= 0.6 is 0 Å². The van der Waals surface area contributed by atoms with E-state index in [1.807, 2.05) is 6.20 Å². The number of aromatic nitrogens is 6. The molecule has 1 saturated carbocycles. The van der Waals surface area contributed by atoms with Crippen molar-refractivity contribution in [2.75, 3.05) is 0 Å². The van der Waals surface area contributed by atoms with Crippen LogP contribution in [-0.4, -0.2) is 29.9 Å². The highest BCUT2D eigenvalue weighted by atomic mass is 19.1. The molecular formula is C27H22F2N6. The van der Waals surface area contributed by atoms with Crippen molar-refractivity contribution in [2.45, 2.75) is 44.6 Å². The Hall–Kier alpha value is -3.99. The van der Waals surface area contributed by atoms with E-state index in [0.717, 1.165) is 35.4 Å². The van der Waals surface area contributed by atoms with Crippen LogP contribution < -0.4 is 0 Å². The maximum Gasteiger partial charge on any atom is 0.135 e. The van der Waals surface area contributed by atoms with Crippen molar-refractivity contribution in [1.82, 2.24) is 29.9 Å².